The minimum absolute atomic E-state index is 0.333. The summed E-state index contributed by atoms with van der Waals surface area (Å²) in [4.78, 5) is 8.01. The number of benzene rings is 1. The molecule has 0 spiro atoms. The average molecular weight is 383 g/mol. The Morgan fingerprint density at radius 2 is 2.04 bits per heavy atom. The molecule has 2 aliphatic rings. The maximum absolute atomic E-state index is 5.86. The van der Waals surface area contributed by atoms with Crippen molar-refractivity contribution in [1.29, 1.82) is 0 Å². The molecule has 1 fully saturated rings. The molecule has 6 nitrogen and oxygen atoms in total. The molecule has 0 aliphatic carbocycles. The summed E-state index contributed by atoms with van der Waals surface area (Å²) in [6, 6.07) is 10.7. The zero-order chi connectivity index (χ0) is 18.1. The van der Waals surface area contributed by atoms with Crippen LogP contribution in [0.25, 0.3) is 10.7 Å². The Balaban J connectivity index is 1.34. The largest absolute Gasteiger partial charge is 0.490 e. The number of likely N-dealkylation sites (tertiary alicyclic amines) is 1. The van der Waals surface area contributed by atoms with E-state index in [9.17, 15) is 0 Å². The predicted octanol–water partition coefficient (Wildman–Crippen LogP) is 4.30. The lowest BCUT2D eigenvalue weighted by Crippen LogP contribution is -2.23. The van der Waals surface area contributed by atoms with E-state index in [1.807, 2.05) is 23.6 Å². The normalized spacial score (nSPS) is 19.9. The number of fused-ring (bicyclic) bond motifs is 1. The Morgan fingerprint density at radius 3 is 2.93 bits per heavy atom. The highest BCUT2D eigenvalue weighted by molar-refractivity contribution is 7.13. The van der Waals surface area contributed by atoms with E-state index in [0.717, 1.165) is 42.2 Å². The van der Waals surface area contributed by atoms with Gasteiger partial charge < -0.3 is 14.0 Å². The molecule has 1 saturated heterocycles. The summed E-state index contributed by atoms with van der Waals surface area (Å²) in [5.41, 5.74) is 1.26. The van der Waals surface area contributed by atoms with E-state index in [1.165, 1.54) is 5.56 Å². The van der Waals surface area contributed by atoms with E-state index in [2.05, 4.69) is 27.2 Å². The minimum Gasteiger partial charge on any atom is -0.490 e. The molecule has 0 N–H and O–H groups in total. The molecule has 0 radical (unpaired) electrons. The van der Waals surface area contributed by atoms with Gasteiger partial charge in [0.25, 0.3) is 0 Å². The summed E-state index contributed by atoms with van der Waals surface area (Å²) in [7, 11) is 0. The molecule has 7 heteroatoms. The molecule has 140 valence electrons. The van der Waals surface area contributed by atoms with Crippen molar-refractivity contribution in [3.63, 3.8) is 0 Å². The fraction of sp³-hybridized carbons (Fsp3) is 0.400. The molecular weight excluding hydrogens is 362 g/mol. The summed E-state index contributed by atoms with van der Waals surface area (Å²) in [6.45, 7) is 3.11. The van der Waals surface area contributed by atoms with Gasteiger partial charge in [-0.3, -0.25) is 4.90 Å². The van der Waals surface area contributed by atoms with Crippen LogP contribution in [0.15, 0.2) is 40.2 Å². The Labute approximate surface area is 161 Å². The van der Waals surface area contributed by atoms with E-state index >= 15 is 0 Å². The summed E-state index contributed by atoms with van der Waals surface area (Å²) in [5, 5.41) is 6.15. The lowest BCUT2D eigenvalue weighted by Gasteiger charge is -2.23. The van der Waals surface area contributed by atoms with Gasteiger partial charge in [0.2, 0.25) is 11.7 Å². The highest BCUT2D eigenvalue weighted by atomic mass is 32.1. The van der Waals surface area contributed by atoms with Crippen LogP contribution in [0, 0.1) is 0 Å². The maximum Gasteiger partial charge on any atom is 0.241 e. The second-order valence-electron chi connectivity index (χ2n) is 6.87. The Hall–Kier alpha value is -2.38. The highest BCUT2D eigenvalue weighted by Crippen LogP contribution is 2.38. The number of hydrogen-bond donors (Lipinski definition) is 0. The van der Waals surface area contributed by atoms with Gasteiger partial charge in [-0.05, 0) is 48.5 Å². The summed E-state index contributed by atoms with van der Waals surface area (Å²) in [6.07, 6.45) is 3.19. The molecule has 0 unspecified atom stereocenters. The summed E-state index contributed by atoms with van der Waals surface area (Å²) < 4.78 is 17.1. The van der Waals surface area contributed by atoms with Crippen molar-refractivity contribution in [3.05, 3.63) is 47.2 Å². The van der Waals surface area contributed by atoms with Gasteiger partial charge in [0.15, 0.2) is 11.5 Å². The molecular formula is C20H21N3O3S. The monoisotopic (exact) mass is 383 g/mol. The van der Waals surface area contributed by atoms with E-state index in [4.69, 9.17) is 14.0 Å². The second kappa shape index (κ2) is 7.32. The van der Waals surface area contributed by atoms with Crippen LogP contribution in [0.1, 0.15) is 36.8 Å². The van der Waals surface area contributed by atoms with Gasteiger partial charge in [-0.25, -0.2) is 0 Å². The van der Waals surface area contributed by atoms with Crippen LogP contribution in [-0.2, 0) is 6.54 Å². The van der Waals surface area contributed by atoms with Crippen LogP contribution in [0.5, 0.6) is 11.5 Å². The Kier molecular flexibility index (Phi) is 4.55. The molecule has 1 atom stereocenters. The van der Waals surface area contributed by atoms with E-state index in [-0.39, 0.29) is 0 Å². The number of nitrogens with zero attached hydrogens (tertiary/aromatic N) is 3. The number of aromatic nitrogens is 2. The van der Waals surface area contributed by atoms with E-state index in [1.54, 1.807) is 11.3 Å². The van der Waals surface area contributed by atoms with Crippen molar-refractivity contribution in [3.8, 4) is 22.2 Å². The SMILES string of the molecule is c1csc(-c2noc(CN3CCC[C@@H]3c3ccc4c(c3)OCCCO4)n2)c1. The van der Waals surface area contributed by atoms with Gasteiger partial charge in [-0.15, -0.1) is 11.3 Å². The smallest absolute Gasteiger partial charge is 0.241 e. The first kappa shape index (κ1) is 16.8. The predicted molar refractivity (Wildman–Crippen MR) is 102 cm³/mol. The zero-order valence-corrected chi connectivity index (χ0v) is 15.8. The standard InChI is InChI=1S/C20H21N3O3S/c1-4-15(14-6-7-16-17(12-14)25-10-3-9-24-16)23(8-1)13-19-21-20(22-26-19)18-5-2-11-27-18/h2,5-7,11-12,15H,1,3-4,8-10,13H2/t15-/m1/s1. The minimum atomic E-state index is 0.333. The first-order valence-corrected chi connectivity index (χ1v) is 10.2. The van der Waals surface area contributed by atoms with Crippen molar-refractivity contribution in [2.24, 2.45) is 0 Å². The first-order chi connectivity index (χ1) is 13.4. The highest BCUT2D eigenvalue weighted by Gasteiger charge is 2.28. The van der Waals surface area contributed by atoms with Crippen LogP contribution in [-0.4, -0.2) is 34.8 Å². The molecule has 5 rings (SSSR count). The molecule has 2 aliphatic heterocycles. The van der Waals surface area contributed by atoms with Crippen LogP contribution in [0.2, 0.25) is 0 Å². The van der Waals surface area contributed by atoms with Gasteiger partial charge in [-0.2, -0.15) is 4.98 Å². The average Bonchev–Trinajstić information content (AvgIpc) is 3.42. The number of thiophene rings is 1. The van der Waals surface area contributed by atoms with Crippen LogP contribution >= 0.6 is 11.3 Å². The molecule has 1 aromatic carbocycles. The second-order valence-corrected chi connectivity index (χ2v) is 7.82. The lowest BCUT2D eigenvalue weighted by atomic mass is 10.0. The molecule has 3 aromatic rings. The number of ether oxygens (including phenoxy) is 2. The van der Waals surface area contributed by atoms with Gasteiger partial charge in [0, 0.05) is 12.5 Å². The van der Waals surface area contributed by atoms with Crippen LogP contribution < -0.4 is 9.47 Å². The maximum atomic E-state index is 5.86. The Morgan fingerprint density at radius 1 is 1.11 bits per heavy atom. The third-order valence-corrected chi connectivity index (χ3v) is 5.93. The molecule has 0 bridgehead atoms. The fourth-order valence-electron chi connectivity index (χ4n) is 3.78. The van der Waals surface area contributed by atoms with Gasteiger partial charge in [0.05, 0.1) is 24.6 Å². The van der Waals surface area contributed by atoms with Crippen LogP contribution in [0.4, 0.5) is 0 Å². The molecule has 2 aromatic heterocycles. The summed E-state index contributed by atoms with van der Waals surface area (Å²) >= 11 is 1.62. The van der Waals surface area contributed by atoms with Gasteiger partial charge in [-0.1, -0.05) is 17.3 Å². The molecule has 0 saturated carbocycles. The third-order valence-electron chi connectivity index (χ3n) is 5.07. The molecule has 0 amide bonds. The zero-order valence-electron chi connectivity index (χ0n) is 15.0. The van der Waals surface area contributed by atoms with Crippen LogP contribution in [0.3, 0.4) is 0 Å². The third kappa shape index (κ3) is 3.44. The number of rotatable bonds is 4. The molecule has 4 heterocycles. The van der Waals surface area contributed by atoms with Crippen molar-refractivity contribution in [2.45, 2.75) is 31.8 Å². The van der Waals surface area contributed by atoms with Gasteiger partial charge >= 0.3 is 0 Å². The first-order valence-electron chi connectivity index (χ1n) is 9.37. The number of hydrogen-bond acceptors (Lipinski definition) is 7. The van der Waals surface area contributed by atoms with Crippen molar-refractivity contribution < 1.29 is 14.0 Å². The fourth-order valence-corrected chi connectivity index (χ4v) is 4.43. The van der Waals surface area contributed by atoms with E-state index < -0.39 is 0 Å². The Bertz CT molecular complexity index is 909. The van der Waals surface area contributed by atoms with Gasteiger partial charge in [0.1, 0.15) is 0 Å². The molecule has 27 heavy (non-hydrogen) atoms. The quantitative estimate of drug-likeness (QED) is 0.670. The van der Waals surface area contributed by atoms with E-state index in [0.29, 0.717) is 37.5 Å². The lowest BCUT2D eigenvalue weighted by molar-refractivity contribution is 0.212. The van der Waals surface area contributed by atoms with Crippen molar-refractivity contribution >= 4 is 11.3 Å². The summed E-state index contributed by atoms with van der Waals surface area (Å²) in [5.74, 6) is 3.04. The van der Waals surface area contributed by atoms with Crippen molar-refractivity contribution in [2.75, 3.05) is 19.8 Å². The topological polar surface area (TPSA) is 60.6 Å². The van der Waals surface area contributed by atoms with Crippen molar-refractivity contribution in [1.82, 2.24) is 15.0 Å².